The van der Waals surface area contributed by atoms with Gasteiger partial charge in [0.25, 0.3) is 0 Å². The molecule has 1 heterocycles. The van der Waals surface area contributed by atoms with Crippen LogP contribution < -0.4 is 19.1 Å². The van der Waals surface area contributed by atoms with Gasteiger partial charge in [0.15, 0.2) is 11.5 Å². The van der Waals surface area contributed by atoms with Crippen molar-refractivity contribution < 1.29 is 22.7 Å². The zero-order chi connectivity index (χ0) is 19.5. The molecule has 8 heteroatoms. The lowest BCUT2D eigenvalue weighted by Crippen LogP contribution is -2.47. The van der Waals surface area contributed by atoms with Gasteiger partial charge in [0, 0.05) is 12.1 Å². The van der Waals surface area contributed by atoms with Crippen molar-refractivity contribution in [1.29, 1.82) is 0 Å². The van der Waals surface area contributed by atoms with E-state index in [1.54, 1.807) is 18.2 Å². The maximum Gasteiger partial charge on any atom is 0.241 e. The number of fused-ring (bicyclic) bond motifs is 1. The summed E-state index contributed by atoms with van der Waals surface area (Å²) in [6, 6.07) is 4.84. The van der Waals surface area contributed by atoms with E-state index in [0.717, 1.165) is 10.6 Å². The fourth-order valence-corrected chi connectivity index (χ4v) is 3.90. The van der Waals surface area contributed by atoms with Crippen molar-refractivity contribution in [1.82, 2.24) is 5.32 Å². The van der Waals surface area contributed by atoms with Crippen molar-refractivity contribution in [2.45, 2.75) is 33.7 Å². The summed E-state index contributed by atoms with van der Waals surface area (Å²) < 4.78 is 36.6. The molecular weight excluding hydrogens is 356 g/mol. The molecule has 0 saturated carbocycles. The molecule has 0 aromatic heterocycles. The highest BCUT2D eigenvalue weighted by Crippen LogP contribution is 2.34. The molecule has 0 atom stereocenters. The van der Waals surface area contributed by atoms with Crippen LogP contribution in [-0.4, -0.2) is 46.4 Å². The molecule has 1 aromatic carbocycles. The van der Waals surface area contributed by atoms with Gasteiger partial charge in [-0.1, -0.05) is 27.7 Å². The molecule has 0 fully saturated rings. The summed E-state index contributed by atoms with van der Waals surface area (Å²) in [6.45, 7) is 8.69. The first kappa shape index (κ1) is 20.4. The van der Waals surface area contributed by atoms with E-state index < -0.39 is 10.0 Å². The van der Waals surface area contributed by atoms with Gasteiger partial charge in [-0.3, -0.25) is 9.10 Å². The second-order valence-corrected chi connectivity index (χ2v) is 9.09. The van der Waals surface area contributed by atoms with E-state index in [2.05, 4.69) is 5.32 Å². The summed E-state index contributed by atoms with van der Waals surface area (Å²) in [5, 5.41) is 2.95. The van der Waals surface area contributed by atoms with Gasteiger partial charge < -0.3 is 14.8 Å². The summed E-state index contributed by atoms with van der Waals surface area (Å²) in [6.07, 6.45) is 1.08. The van der Waals surface area contributed by atoms with Gasteiger partial charge in [0.2, 0.25) is 15.9 Å². The van der Waals surface area contributed by atoms with Crippen molar-refractivity contribution in [3.8, 4) is 11.5 Å². The minimum atomic E-state index is -3.64. The smallest absolute Gasteiger partial charge is 0.241 e. The normalized spacial score (nSPS) is 14.0. The summed E-state index contributed by atoms with van der Waals surface area (Å²) in [5.74, 6) is 1.21. The Morgan fingerprint density at radius 2 is 1.69 bits per heavy atom. The third-order valence-electron chi connectivity index (χ3n) is 4.27. The van der Waals surface area contributed by atoms with Gasteiger partial charge in [-0.25, -0.2) is 8.42 Å². The molecule has 0 bridgehead atoms. The average molecular weight is 384 g/mol. The number of sulfonamides is 1. The standard InChI is InChI=1S/C18H28N2O5S/c1-12(2)18(13(3)4)19-17(21)11-20(26(5,22)23)14-6-7-15-16(10-14)25-9-8-24-15/h6-7,10,12-13,18H,8-9,11H2,1-5H3,(H,19,21). The molecule has 2 rings (SSSR count). The van der Waals surface area contributed by atoms with Crippen LogP contribution in [0.15, 0.2) is 18.2 Å². The highest BCUT2D eigenvalue weighted by Gasteiger charge is 2.26. The largest absolute Gasteiger partial charge is 0.486 e. The highest BCUT2D eigenvalue weighted by molar-refractivity contribution is 7.92. The number of nitrogens with zero attached hydrogens (tertiary/aromatic N) is 1. The van der Waals surface area contributed by atoms with Crippen molar-refractivity contribution in [2.24, 2.45) is 11.8 Å². The van der Waals surface area contributed by atoms with Gasteiger partial charge in [-0.05, 0) is 24.0 Å². The molecule has 146 valence electrons. The quantitative estimate of drug-likeness (QED) is 0.777. The van der Waals surface area contributed by atoms with Crippen LogP contribution in [0.5, 0.6) is 11.5 Å². The second-order valence-electron chi connectivity index (χ2n) is 7.18. The average Bonchev–Trinajstić information content (AvgIpc) is 2.55. The SMILES string of the molecule is CC(C)C(NC(=O)CN(c1ccc2c(c1)OCCO2)S(C)(=O)=O)C(C)C. The number of rotatable bonds is 7. The molecular formula is C18H28N2O5S. The lowest BCUT2D eigenvalue weighted by atomic mass is 9.93. The Morgan fingerprint density at radius 3 is 2.23 bits per heavy atom. The monoisotopic (exact) mass is 384 g/mol. The number of anilines is 1. The minimum absolute atomic E-state index is 0.0239. The van der Waals surface area contributed by atoms with E-state index in [4.69, 9.17) is 9.47 Å². The van der Waals surface area contributed by atoms with Gasteiger partial charge in [0.05, 0.1) is 11.9 Å². The Balaban J connectivity index is 2.22. The van der Waals surface area contributed by atoms with Crippen LogP contribution in [0.25, 0.3) is 0 Å². The molecule has 0 unspecified atom stereocenters. The maximum absolute atomic E-state index is 12.5. The first-order valence-electron chi connectivity index (χ1n) is 8.76. The van der Waals surface area contributed by atoms with Gasteiger partial charge in [-0.2, -0.15) is 0 Å². The van der Waals surface area contributed by atoms with E-state index in [9.17, 15) is 13.2 Å². The number of hydrogen-bond donors (Lipinski definition) is 1. The van der Waals surface area contributed by atoms with Crippen molar-refractivity contribution >= 4 is 21.6 Å². The number of carbonyl (C=O) groups excluding carboxylic acids is 1. The van der Waals surface area contributed by atoms with Crippen molar-refractivity contribution in [3.63, 3.8) is 0 Å². The van der Waals surface area contributed by atoms with Crippen LogP contribution in [0.4, 0.5) is 5.69 Å². The van der Waals surface area contributed by atoms with Crippen LogP contribution >= 0.6 is 0 Å². The van der Waals surface area contributed by atoms with Gasteiger partial charge in [0.1, 0.15) is 19.8 Å². The summed E-state index contributed by atoms with van der Waals surface area (Å²) in [7, 11) is -3.64. The fourth-order valence-electron chi connectivity index (χ4n) is 3.05. The Labute approximate surface area is 155 Å². The molecule has 7 nitrogen and oxygen atoms in total. The topological polar surface area (TPSA) is 84.9 Å². The summed E-state index contributed by atoms with van der Waals surface area (Å²) >= 11 is 0. The minimum Gasteiger partial charge on any atom is -0.486 e. The molecule has 1 aliphatic heterocycles. The Hall–Kier alpha value is -1.96. The van der Waals surface area contributed by atoms with E-state index in [1.165, 1.54) is 0 Å². The van der Waals surface area contributed by atoms with E-state index in [0.29, 0.717) is 30.4 Å². The van der Waals surface area contributed by atoms with Crippen LogP contribution in [0, 0.1) is 11.8 Å². The third kappa shape index (κ3) is 5.03. The second kappa shape index (κ2) is 8.16. The first-order chi connectivity index (χ1) is 12.1. The first-order valence-corrected chi connectivity index (χ1v) is 10.6. The van der Waals surface area contributed by atoms with Crippen LogP contribution in [-0.2, 0) is 14.8 Å². The van der Waals surface area contributed by atoms with Crippen LogP contribution in [0.1, 0.15) is 27.7 Å². The summed E-state index contributed by atoms with van der Waals surface area (Å²) in [4.78, 5) is 12.5. The number of amides is 1. The summed E-state index contributed by atoms with van der Waals surface area (Å²) in [5.41, 5.74) is 0.373. The molecule has 1 amide bonds. The molecule has 1 aliphatic rings. The number of ether oxygens (including phenoxy) is 2. The third-order valence-corrected chi connectivity index (χ3v) is 5.41. The lowest BCUT2D eigenvalue weighted by Gasteiger charge is -2.29. The van der Waals surface area contributed by atoms with Crippen LogP contribution in [0.3, 0.4) is 0 Å². The lowest BCUT2D eigenvalue weighted by molar-refractivity contribution is -0.121. The molecule has 0 saturated heterocycles. The van der Waals surface area contributed by atoms with Gasteiger partial charge in [-0.15, -0.1) is 0 Å². The molecule has 1 N–H and O–H groups in total. The van der Waals surface area contributed by atoms with E-state index >= 15 is 0 Å². The maximum atomic E-state index is 12.5. The number of nitrogens with one attached hydrogen (secondary N) is 1. The zero-order valence-electron chi connectivity index (χ0n) is 16.0. The highest BCUT2D eigenvalue weighted by atomic mass is 32.2. The van der Waals surface area contributed by atoms with Gasteiger partial charge >= 0.3 is 0 Å². The van der Waals surface area contributed by atoms with Crippen LogP contribution in [0.2, 0.25) is 0 Å². The molecule has 26 heavy (non-hydrogen) atoms. The zero-order valence-corrected chi connectivity index (χ0v) is 16.8. The van der Waals surface area contributed by atoms with E-state index in [-0.39, 0.29) is 30.3 Å². The number of carbonyl (C=O) groups is 1. The molecule has 0 aliphatic carbocycles. The number of benzene rings is 1. The Morgan fingerprint density at radius 1 is 1.12 bits per heavy atom. The Bertz CT molecular complexity index is 738. The van der Waals surface area contributed by atoms with E-state index in [1.807, 2.05) is 27.7 Å². The van der Waals surface area contributed by atoms with Crippen molar-refractivity contribution in [2.75, 3.05) is 30.3 Å². The van der Waals surface area contributed by atoms with Crippen molar-refractivity contribution in [3.05, 3.63) is 18.2 Å². The predicted molar refractivity (Wildman–Crippen MR) is 101 cm³/mol. The molecule has 1 aromatic rings. The predicted octanol–water partition coefficient (Wildman–Crippen LogP) is 2.02. The molecule has 0 radical (unpaired) electrons. The fraction of sp³-hybridized carbons (Fsp3) is 0.611. The Kier molecular flexibility index (Phi) is 6.39. The molecule has 0 spiro atoms. The number of hydrogen-bond acceptors (Lipinski definition) is 5.